The van der Waals surface area contributed by atoms with E-state index in [1.54, 1.807) is 42.3 Å². The third-order valence-electron chi connectivity index (χ3n) is 3.82. The fraction of sp³-hybridized carbons (Fsp3) is 0.0952. The Morgan fingerprint density at radius 1 is 1.00 bits per heavy atom. The quantitative estimate of drug-likeness (QED) is 0.642. The molecule has 2 aromatic carbocycles. The molecule has 1 N–H and O–H groups in total. The number of fused-ring (bicyclic) bond motifs is 1. The highest BCUT2D eigenvalue weighted by Gasteiger charge is 2.17. The number of carbonyl (C=O) groups is 1. The summed E-state index contributed by atoms with van der Waals surface area (Å²) >= 11 is 1.55. The van der Waals surface area contributed by atoms with E-state index in [9.17, 15) is 4.79 Å². The number of anilines is 1. The first kappa shape index (κ1) is 17.3. The molecule has 0 fully saturated rings. The maximum absolute atomic E-state index is 12.4. The molecule has 0 bridgehead atoms. The van der Waals surface area contributed by atoms with E-state index in [1.165, 1.54) is 6.08 Å². The topological polar surface area (TPSA) is 60.7 Å². The second kappa shape index (κ2) is 8.05. The molecule has 136 valence electrons. The van der Waals surface area contributed by atoms with Crippen molar-refractivity contribution in [2.75, 3.05) is 18.5 Å². The highest BCUT2D eigenvalue weighted by atomic mass is 32.2. The van der Waals surface area contributed by atoms with E-state index in [-0.39, 0.29) is 5.91 Å². The van der Waals surface area contributed by atoms with Crippen LogP contribution in [0, 0.1) is 0 Å². The van der Waals surface area contributed by atoms with Gasteiger partial charge in [0.25, 0.3) is 0 Å². The Balaban J connectivity index is 1.60. The number of hydrogen-bond donors (Lipinski definition) is 1. The van der Waals surface area contributed by atoms with E-state index < -0.39 is 0 Å². The van der Waals surface area contributed by atoms with Crippen molar-refractivity contribution in [3.63, 3.8) is 0 Å². The lowest BCUT2D eigenvalue weighted by Gasteiger charge is -2.21. The summed E-state index contributed by atoms with van der Waals surface area (Å²) in [6, 6.07) is 17.2. The second-order valence-electron chi connectivity index (χ2n) is 5.75. The van der Waals surface area contributed by atoms with Gasteiger partial charge in [0.15, 0.2) is 11.5 Å². The van der Waals surface area contributed by atoms with Crippen LogP contribution in [-0.4, -0.2) is 19.1 Å². The van der Waals surface area contributed by atoms with Crippen LogP contribution in [0.2, 0.25) is 0 Å². The zero-order valence-electron chi connectivity index (χ0n) is 14.4. The highest BCUT2D eigenvalue weighted by molar-refractivity contribution is 7.99. The molecular formula is C21H17NO4S. The van der Waals surface area contributed by atoms with Crippen molar-refractivity contribution in [1.82, 2.24) is 0 Å². The number of hydrogen-bond acceptors (Lipinski definition) is 5. The standard InChI is InChI=1S/C21H17NO4S/c23-21(9-8-15-5-4-10-24-15)22-17-13-18-19(26-12-11-25-18)14-20(17)27-16-6-2-1-3-7-16/h1-10,13-14H,11-12H2,(H,22,23)/b9-8+. The maximum atomic E-state index is 12.4. The zero-order chi connectivity index (χ0) is 18.5. The van der Waals surface area contributed by atoms with E-state index >= 15 is 0 Å². The third-order valence-corrected chi connectivity index (χ3v) is 4.88. The van der Waals surface area contributed by atoms with Crippen molar-refractivity contribution in [3.8, 4) is 11.5 Å². The van der Waals surface area contributed by atoms with E-state index in [0.29, 0.717) is 36.2 Å². The Morgan fingerprint density at radius 3 is 2.52 bits per heavy atom. The summed E-state index contributed by atoms with van der Waals surface area (Å²) in [6.07, 6.45) is 4.62. The predicted octanol–water partition coefficient (Wildman–Crippen LogP) is 4.85. The van der Waals surface area contributed by atoms with Gasteiger partial charge < -0.3 is 19.2 Å². The number of benzene rings is 2. The van der Waals surface area contributed by atoms with E-state index in [2.05, 4.69) is 5.32 Å². The lowest BCUT2D eigenvalue weighted by molar-refractivity contribution is -0.111. The molecule has 1 aromatic heterocycles. The van der Waals surface area contributed by atoms with Gasteiger partial charge in [-0.2, -0.15) is 0 Å². The molecule has 0 spiro atoms. The minimum absolute atomic E-state index is 0.252. The second-order valence-corrected chi connectivity index (χ2v) is 6.86. The van der Waals surface area contributed by atoms with Crippen LogP contribution < -0.4 is 14.8 Å². The van der Waals surface area contributed by atoms with Crippen molar-refractivity contribution >= 4 is 29.4 Å². The lowest BCUT2D eigenvalue weighted by Crippen LogP contribution is -2.16. The monoisotopic (exact) mass is 379 g/mol. The molecular weight excluding hydrogens is 362 g/mol. The van der Waals surface area contributed by atoms with Crippen LogP contribution in [0.5, 0.6) is 11.5 Å². The number of ether oxygens (including phenoxy) is 2. The Hall–Kier alpha value is -3.12. The number of amides is 1. The summed E-state index contributed by atoms with van der Waals surface area (Å²) in [4.78, 5) is 14.3. The van der Waals surface area contributed by atoms with Crippen molar-refractivity contribution < 1.29 is 18.7 Å². The van der Waals surface area contributed by atoms with Gasteiger partial charge in [0.1, 0.15) is 19.0 Å². The van der Waals surface area contributed by atoms with Gasteiger partial charge in [-0.15, -0.1) is 0 Å². The molecule has 0 unspecified atom stereocenters. The molecule has 0 atom stereocenters. The van der Waals surface area contributed by atoms with Gasteiger partial charge in [-0.25, -0.2) is 0 Å². The van der Waals surface area contributed by atoms with Crippen molar-refractivity contribution in [2.45, 2.75) is 9.79 Å². The average Bonchev–Trinajstić information content (AvgIpc) is 3.21. The SMILES string of the molecule is O=C(/C=C/c1ccco1)Nc1cc2c(cc1Sc1ccccc1)OCCO2. The molecule has 0 radical (unpaired) electrons. The maximum Gasteiger partial charge on any atom is 0.248 e. The van der Waals surface area contributed by atoms with Gasteiger partial charge >= 0.3 is 0 Å². The van der Waals surface area contributed by atoms with Gasteiger partial charge in [0.2, 0.25) is 5.91 Å². The summed E-state index contributed by atoms with van der Waals surface area (Å²) in [5.41, 5.74) is 0.669. The van der Waals surface area contributed by atoms with E-state index in [0.717, 1.165) is 9.79 Å². The normalized spacial score (nSPS) is 12.9. The molecule has 5 nitrogen and oxygen atoms in total. The Morgan fingerprint density at radius 2 is 1.78 bits per heavy atom. The van der Waals surface area contributed by atoms with Gasteiger partial charge in [0, 0.05) is 28.0 Å². The summed E-state index contributed by atoms with van der Waals surface area (Å²) in [5.74, 6) is 1.68. The molecule has 0 aliphatic carbocycles. The molecule has 2 heterocycles. The summed E-state index contributed by atoms with van der Waals surface area (Å²) < 4.78 is 16.5. The Labute approximate surface area is 161 Å². The Kier molecular flexibility index (Phi) is 5.16. The minimum atomic E-state index is -0.252. The smallest absolute Gasteiger partial charge is 0.248 e. The first-order chi connectivity index (χ1) is 13.3. The third kappa shape index (κ3) is 4.35. The molecule has 1 amide bonds. The van der Waals surface area contributed by atoms with Crippen LogP contribution in [0.1, 0.15) is 5.76 Å². The van der Waals surface area contributed by atoms with Crippen molar-refractivity contribution in [1.29, 1.82) is 0 Å². The average molecular weight is 379 g/mol. The zero-order valence-corrected chi connectivity index (χ0v) is 15.2. The van der Waals surface area contributed by atoms with Gasteiger partial charge in [-0.05, 0) is 30.3 Å². The molecule has 4 rings (SSSR count). The van der Waals surface area contributed by atoms with E-state index in [4.69, 9.17) is 13.9 Å². The number of rotatable bonds is 5. The van der Waals surface area contributed by atoms with Gasteiger partial charge in [-0.3, -0.25) is 4.79 Å². The first-order valence-corrected chi connectivity index (χ1v) is 9.29. The van der Waals surface area contributed by atoms with Crippen LogP contribution in [0.15, 0.2) is 81.1 Å². The highest BCUT2D eigenvalue weighted by Crippen LogP contribution is 2.42. The number of carbonyl (C=O) groups excluding carboxylic acids is 1. The van der Waals surface area contributed by atoms with Gasteiger partial charge in [0.05, 0.1) is 12.0 Å². The fourth-order valence-electron chi connectivity index (χ4n) is 2.59. The van der Waals surface area contributed by atoms with Crippen LogP contribution >= 0.6 is 11.8 Å². The molecule has 3 aromatic rings. The first-order valence-electron chi connectivity index (χ1n) is 8.47. The summed E-state index contributed by atoms with van der Waals surface area (Å²) in [5, 5.41) is 2.92. The van der Waals surface area contributed by atoms with Gasteiger partial charge in [-0.1, -0.05) is 30.0 Å². The predicted molar refractivity (Wildman–Crippen MR) is 104 cm³/mol. The summed E-state index contributed by atoms with van der Waals surface area (Å²) in [6.45, 7) is 1.00. The number of nitrogens with one attached hydrogen (secondary N) is 1. The molecule has 0 saturated heterocycles. The minimum Gasteiger partial charge on any atom is -0.486 e. The molecule has 1 aliphatic rings. The molecule has 27 heavy (non-hydrogen) atoms. The fourth-order valence-corrected chi connectivity index (χ4v) is 3.52. The van der Waals surface area contributed by atoms with Crippen molar-refractivity contribution in [3.05, 3.63) is 72.7 Å². The largest absolute Gasteiger partial charge is 0.486 e. The molecule has 6 heteroatoms. The van der Waals surface area contributed by atoms with Crippen LogP contribution in [-0.2, 0) is 4.79 Å². The van der Waals surface area contributed by atoms with Crippen molar-refractivity contribution in [2.24, 2.45) is 0 Å². The molecule has 1 aliphatic heterocycles. The van der Waals surface area contributed by atoms with Crippen LogP contribution in [0.4, 0.5) is 5.69 Å². The van der Waals surface area contributed by atoms with Crippen LogP contribution in [0.3, 0.4) is 0 Å². The lowest BCUT2D eigenvalue weighted by atomic mass is 10.2. The summed E-state index contributed by atoms with van der Waals surface area (Å²) in [7, 11) is 0. The Bertz CT molecular complexity index is 952. The van der Waals surface area contributed by atoms with E-state index in [1.807, 2.05) is 36.4 Å². The van der Waals surface area contributed by atoms with Crippen LogP contribution in [0.25, 0.3) is 6.08 Å². The number of furan rings is 1. The molecule has 0 saturated carbocycles.